The maximum Gasteiger partial charge on any atom is 0.0916 e. The van der Waals surface area contributed by atoms with E-state index < -0.39 is 0 Å². The normalized spacial score (nSPS) is 23.5. The number of piperazine rings is 1. The minimum atomic E-state index is -0.355. The second-order valence-electron chi connectivity index (χ2n) is 7.03. The molecule has 0 spiro atoms. The molecule has 3 heteroatoms. The van der Waals surface area contributed by atoms with Gasteiger partial charge in [-0.2, -0.15) is 0 Å². The highest BCUT2D eigenvalue weighted by Gasteiger charge is 2.22. The topological polar surface area (TPSA) is 26.7 Å². The van der Waals surface area contributed by atoms with Crippen LogP contribution in [0.25, 0.3) is 0 Å². The van der Waals surface area contributed by atoms with Crippen LogP contribution in [0.3, 0.4) is 0 Å². The van der Waals surface area contributed by atoms with E-state index in [-0.39, 0.29) is 6.10 Å². The number of aliphatic hydroxyl groups excluding tert-OH is 1. The Labute approximate surface area is 134 Å². The first kappa shape index (κ1) is 16.0. The van der Waals surface area contributed by atoms with Gasteiger partial charge in [-0.05, 0) is 24.3 Å². The van der Waals surface area contributed by atoms with Gasteiger partial charge in [0.2, 0.25) is 0 Å². The number of hydrogen-bond acceptors (Lipinski definition) is 3. The van der Waals surface area contributed by atoms with E-state index in [0.717, 1.165) is 44.2 Å². The molecule has 1 aromatic carbocycles. The summed E-state index contributed by atoms with van der Waals surface area (Å²) in [5.74, 6) is 0.940. The third-order valence-electron chi connectivity index (χ3n) is 5.32. The van der Waals surface area contributed by atoms with Crippen LogP contribution >= 0.6 is 0 Å². The maximum atomic E-state index is 10.3. The molecular weight excluding hydrogens is 272 g/mol. The van der Waals surface area contributed by atoms with E-state index in [0.29, 0.717) is 0 Å². The first-order chi connectivity index (χ1) is 10.8. The molecule has 3 nitrogen and oxygen atoms in total. The molecule has 0 bridgehead atoms. The summed E-state index contributed by atoms with van der Waals surface area (Å²) in [6.07, 6.45) is 6.84. The highest BCUT2D eigenvalue weighted by Crippen LogP contribution is 2.25. The Morgan fingerprint density at radius 1 is 0.909 bits per heavy atom. The van der Waals surface area contributed by atoms with Gasteiger partial charge >= 0.3 is 0 Å². The van der Waals surface area contributed by atoms with E-state index in [1.54, 1.807) is 0 Å². The van der Waals surface area contributed by atoms with Gasteiger partial charge in [0.25, 0.3) is 0 Å². The van der Waals surface area contributed by atoms with Crippen molar-refractivity contribution in [3.05, 3.63) is 35.9 Å². The average molecular weight is 302 g/mol. The van der Waals surface area contributed by atoms with E-state index in [2.05, 4.69) is 9.80 Å². The number of aliphatic hydroxyl groups is 1. The summed E-state index contributed by atoms with van der Waals surface area (Å²) in [6, 6.07) is 10.0. The second-order valence-corrected chi connectivity index (χ2v) is 7.03. The average Bonchev–Trinajstić information content (AvgIpc) is 2.58. The molecule has 1 aliphatic heterocycles. The van der Waals surface area contributed by atoms with Crippen LogP contribution in [0.1, 0.15) is 43.8 Å². The van der Waals surface area contributed by atoms with Crippen molar-refractivity contribution in [2.45, 2.75) is 38.2 Å². The van der Waals surface area contributed by atoms with Crippen LogP contribution < -0.4 is 0 Å². The molecule has 122 valence electrons. The zero-order valence-corrected chi connectivity index (χ0v) is 13.7. The Morgan fingerprint density at radius 3 is 2.23 bits per heavy atom. The molecule has 1 aliphatic carbocycles. The highest BCUT2D eigenvalue weighted by molar-refractivity contribution is 5.17. The van der Waals surface area contributed by atoms with Crippen LogP contribution in [0.4, 0.5) is 0 Å². The molecule has 2 aliphatic rings. The van der Waals surface area contributed by atoms with E-state index in [1.165, 1.54) is 38.6 Å². The van der Waals surface area contributed by atoms with Gasteiger partial charge < -0.3 is 10.0 Å². The molecule has 0 radical (unpaired) electrons. The van der Waals surface area contributed by atoms with Gasteiger partial charge in [-0.15, -0.1) is 0 Å². The van der Waals surface area contributed by atoms with Crippen molar-refractivity contribution in [2.75, 3.05) is 39.3 Å². The van der Waals surface area contributed by atoms with E-state index in [9.17, 15) is 5.11 Å². The molecule has 1 saturated carbocycles. The van der Waals surface area contributed by atoms with Gasteiger partial charge in [0.1, 0.15) is 0 Å². The van der Waals surface area contributed by atoms with Crippen molar-refractivity contribution >= 4 is 0 Å². The molecule has 1 saturated heterocycles. The molecular formula is C19H30N2O. The smallest absolute Gasteiger partial charge is 0.0916 e. The predicted molar refractivity (Wildman–Crippen MR) is 90.9 cm³/mol. The van der Waals surface area contributed by atoms with Crippen molar-refractivity contribution in [1.29, 1.82) is 0 Å². The van der Waals surface area contributed by atoms with Crippen LogP contribution in [0, 0.1) is 5.92 Å². The quantitative estimate of drug-likeness (QED) is 0.906. The monoisotopic (exact) mass is 302 g/mol. The molecule has 1 aromatic rings. The Morgan fingerprint density at radius 2 is 1.55 bits per heavy atom. The Bertz CT molecular complexity index is 422. The summed E-state index contributed by atoms with van der Waals surface area (Å²) < 4.78 is 0. The molecule has 3 rings (SSSR count). The lowest BCUT2D eigenvalue weighted by molar-refractivity contribution is 0.0642. The van der Waals surface area contributed by atoms with Gasteiger partial charge in [0.05, 0.1) is 6.10 Å². The Kier molecular flexibility index (Phi) is 5.88. The number of β-amino-alcohol motifs (C(OH)–C–C–N with tert-alkyl or cyclic N) is 1. The third-order valence-corrected chi connectivity index (χ3v) is 5.32. The van der Waals surface area contributed by atoms with Gasteiger partial charge in [-0.25, -0.2) is 0 Å². The van der Waals surface area contributed by atoms with Crippen molar-refractivity contribution in [3.8, 4) is 0 Å². The SMILES string of the molecule is O[C@@H](CN1CCN(CC2CCCCC2)CC1)c1ccccc1. The molecule has 0 aromatic heterocycles. The minimum Gasteiger partial charge on any atom is -0.387 e. The maximum absolute atomic E-state index is 10.3. The summed E-state index contributed by atoms with van der Waals surface area (Å²) in [4.78, 5) is 5.05. The molecule has 22 heavy (non-hydrogen) atoms. The van der Waals surface area contributed by atoms with Gasteiger partial charge in [0, 0.05) is 39.3 Å². The van der Waals surface area contributed by atoms with Crippen LogP contribution in [-0.4, -0.2) is 54.2 Å². The summed E-state index contributed by atoms with van der Waals surface area (Å²) >= 11 is 0. The predicted octanol–water partition coefficient (Wildman–Crippen LogP) is 2.92. The van der Waals surface area contributed by atoms with Crippen LogP contribution in [0.5, 0.6) is 0 Å². The van der Waals surface area contributed by atoms with Gasteiger partial charge in [0.15, 0.2) is 0 Å². The number of nitrogens with zero attached hydrogens (tertiary/aromatic N) is 2. The van der Waals surface area contributed by atoms with Crippen LogP contribution in [0.2, 0.25) is 0 Å². The van der Waals surface area contributed by atoms with Crippen molar-refractivity contribution in [1.82, 2.24) is 9.80 Å². The fraction of sp³-hybridized carbons (Fsp3) is 0.684. The number of hydrogen-bond donors (Lipinski definition) is 1. The fourth-order valence-electron chi connectivity index (χ4n) is 3.91. The minimum absolute atomic E-state index is 0.355. The van der Waals surface area contributed by atoms with Crippen LogP contribution in [0.15, 0.2) is 30.3 Å². The third kappa shape index (κ3) is 4.55. The summed E-state index contributed by atoms with van der Waals surface area (Å²) in [5.41, 5.74) is 1.03. The molecule has 0 unspecified atom stereocenters. The molecule has 1 N–H and O–H groups in total. The highest BCUT2D eigenvalue weighted by atomic mass is 16.3. The van der Waals surface area contributed by atoms with E-state index in [4.69, 9.17) is 0 Å². The lowest BCUT2D eigenvalue weighted by atomic mass is 9.89. The van der Waals surface area contributed by atoms with Gasteiger partial charge in [-0.1, -0.05) is 49.6 Å². The van der Waals surface area contributed by atoms with Crippen molar-refractivity contribution in [3.63, 3.8) is 0 Å². The van der Waals surface area contributed by atoms with E-state index in [1.807, 2.05) is 30.3 Å². The lowest BCUT2D eigenvalue weighted by Crippen LogP contribution is -2.48. The standard InChI is InChI=1S/C19H30N2O/c22-19(18-9-5-2-6-10-18)16-21-13-11-20(12-14-21)15-17-7-3-1-4-8-17/h2,5-6,9-10,17,19,22H,1,3-4,7-8,11-16H2/t19-/m0/s1. The summed E-state index contributed by atoms with van der Waals surface area (Å²) in [7, 11) is 0. The molecule has 2 fully saturated rings. The fourth-order valence-corrected chi connectivity index (χ4v) is 3.91. The number of rotatable bonds is 5. The zero-order valence-electron chi connectivity index (χ0n) is 13.7. The largest absolute Gasteiger partial charge is 0.387 e. The van der Waals surface area contributed by atoms with E-state index >= 15 is 0 Å². The zero-order chi connectivity index (χ0) is 15.2. The second kappa shape index (κ2) is 8.09. The van der Waals surface area contributed by atoms with Gasteiger partial charge in [-0.3, -0.25) is 4.90 Å². The Hall–Kier alpha value is -0.900. The molecule has 1 atom stereocenters. The number of benzene rings is 1. The Balaban J connectivity index is 1.40. The first-order valence-electron chi connectivity index (χ1n) is 8.99. The van der Waals surface area contributed by atoms with Crippen LogP contribution in [-0.2, 0) is 0 Å². The molecule has 1 heterocycles. The first-order valence-corrected chi connectivity index (χ1v) is 8.99. The van der Waals surface area contributed by atoms with Crippen molar-refractivity contribution < 1.29 is 5.11 Å². The summed E-state index contributed by atoms with van der Waals surface area (Å²) in [5, 5.41) is 10.3. The lowest BCUT2D eigenvalue weighted by Gasteiger charge is -2.37. The molecule has 0 amide bonds. The summed E-state index contributed by atoms with van der Waals surface area (Å²) in [6.45, 7) is 6.58. The van der Waals surface area contributed by atoms with Crippen molar-refractivity contribution in [2.24, 2.45) is 5.92 Å².